The zero-order chi connectivity index (χ0) is 12.4. The summed E-state index contributed by atoms with van der Waals surface area (Å²) in [6, 6.07) is 0. The third kappa shape index (κ3) is 3.44. The second kappa shape index (κ2) is 5.36. The smallest absolute Gasteiger partial charge is 0.212 e. The van der Waals surface area contributed by atoms with Crippen LogP contribution in [0.2, 0.25) is 0 Å². The minimum absolute atomic E-state index is 0.254. The summed E-state index contributed by atoms with van der Waals surface area (Å²) in [4.78, 5) is 0. The van der Waals surface area contributed by atoms with Crippen molar-refractivity contribution in [2.75, 3.05) is 5.33 Å². The van der Waals surface area contributed by atoms with Crippen LogP contribution in [0.1, 0.15) is 46.5 Å². The number of halogens is 1. The largest absolute Gasteiger partial charge is 0.214 e. The van der Waals surface area contributed by atoms with Gasteiger partial charge >= 0.3 is 0 Å². The van der Waals surface area contributed by atoms with Gasteiger partial charge in [-0.15, -0.1) is 0 Å². The third-order valence-corrected chi connectivity index (χ3v) is 6.50. The molecule has 1 aliphatic rings. The molecule has 1 N–H and O–H groups in total. The highest BCUT2D eigenvalue weighted by molar-refractivity contribution is 9.09. The molecule has 0 aliphatic heterocycles. The van der Waals surface area contributed by atoms with Crippen LogP contribution in [0.25, 0.3) is 0 Å². The molecule has 96 valence electrons. The first-order chi connectivity index (χ1) is 7.31. The van der Waals surface area contributed by atoms with Crippen molar-refractivity contribution < 1.29 is 8.42 Å². The molecule has 0 saturated heterocycles. The van der Waals surface area contributed by atoms with E-state index < -0.39 is 10.0 Å². The topological polar surface area (TPSA) is 46.2 Å². The average molecular weight is 312 g/mol. The minimum atomic E-state index is -3.17. The zero-order valence-electron chi connectivity index (χ0n) is 10.3. The van der Waals surface area contributed by atoms with Crippen LogP contribution >= 0.6 is 15.9 Å². The van der Waals surface area contributed by atoms with Crippen molar-refractivity contribution in [2.45, 2.75) is 57.2 Å². The van der Waals surface area contributed by atoms with Gasteiger partial charge in [0.15, 0.2) is 0 Å². The van der Waals surface area contributed by atoms with E-state index >= 15 is 0 Å². The van der Waals surface area contributed by atoms with Gasteiger partial charge in [-0.2, -0.15) is 0 Å². The predicted molar refractivity (Wildman–Crippen MR) is 71.3 cm³/mol. The van der Waals surface area contributed by atoms with Gasteiger partial charge in [0.25, 0.3) is 0 Å². The van der Waals surface area contributed by atoms with E-state index in [9.17, 15) is 8.42 Å². The molecule has 16 heavy (non-hydrogen) atoms. The number of hydrogen-bond donors (Lipinski definition) is 1. The number of rotatable bonds is 4. The molecule has 5 heteroatoms. The fourth-order valence-electron chi connectivity index (χ4n) is 2.00. The van der Waals surface area contributed by atoms with Crippen LogP contribution in [0, 0.1) is 5.92 Å². The highest BCUT2D eigenvalue weighted by Crippen LogP contribution is 2.34. The summed E-state index contributed by atoms with van der Waals surface area (Å²) in [6.07, 6.45) is 4.08. The lowest BCUT2D eigenvalue weighted by Gasteiger charge is -2.39. The summed E-state index contributed by atoms with van der Waals surface area (Å²) in [5.41, 5.74) is -0.254. The molecule has 0 atom stereocenters. The molecule has 0 spiro atoms. The summed E-state index contributed by atoms with van der Waals surface area (Å²) in [5, 5.41) is 0.348. The van der Waals surface area contributed by atoms with Crippen LogP contribution in [0.15, 0.2) is 0 Å². The Balaban J connectivity index is 2.76. The third-order valence-electron chi connectivity index (χ3n) is 3.47. The Morgan fingerprint density at radius 2 is 1.88 bits per heavy atom. The first-order valence-corrected chi connectivity index (χ1v) is 8.57. The molecule has 0 aromatic carbocycles. The second-order valence-corrected chi connectivity index (χ2v) is 8.09. The molecule has 0 unspecified atom stereocenters. The van der Waals surface area contributed by atoms with Crippen LogP contribution in [-0.2, 0) is 10.0 Å². The first kappa shape index (κ1) is 14.5. The van der Waals surface area contributed by atoms with Crippen molar-refractivity contribution >= 4 is 26.0 Å². The normalized spacial score (nSPS) is 31.9. The Hall–Kier alpha value is 0.390. The average Bonchev–Trinajstić information content (AvgIpc) is 2.21. The Bertz CT molecular complexity index is 319. The molecule has 0 aromatic heterocycles. The lowest BCUT2D eigenvalue weighted by molar-refractivity contribution is 0.249. The van der Waals surface area contributed by atoms with Crippen molar-refractivity contribution in [3.05, 3.63) is 0 Å². The molecular weight excluding hydrogens is 290 g/mol. The van der Waals surface area contributed by atoms with Crippen LogP contribution in [0.4, 0.5) is 0 Å². The van der Waals surface area contributed by atoms with Gasteiger partial charge in [-0.1, -0.05) is 22.9 Å². The maximum absolute atomic E-state index is 11.9. The van der Waals surface area contributed by atoms with E-state index in [2.05, 4.69) is 27.6 Å². The van der Waals surface area contributed by atoms with Gasteiger partial charge < -0.3 is 0 Å². The van der Waals surface area contributed by atoms with Gasteiger partial charge in [-0.25, -0.2) is 13.1 Å². The van der Waals surface area contributed by atoms with Crippen LogP contribution in [0.3, 0.4) is 0 Å². The van der Waals surface area contributed by atoms with E-state index in [1.165, 1.54) is 0 Å². The Labute approximate surface area is 108 Å². The summed E-state index contributed by atoms with van der Waals surface area (Å²) in [7, 11) is -3.17. The van der Waals surface area contributed by atoms with Crippen LogP contribution in [0.5, 0.6) is 0 Å². The molecule has 0 heterocycles. The van der Waals surface area contributed by atoms with Gasteiger partial charge in [-0.05, 0) is 45.4 Å². The van der Waals surface area contributed by atoms with Gasteiger partial charge in [0.05, 0.1) is 5.25 Å². The number of hydrogen-bond acceptors (Lipinski definition) is 2. The summed E-state index contributed by atoms with van der Waals surface area (Å²) in [6.45, 7) is 5.67. The standard InChI is InChI=1S/C11H22BrNO2S/c1-9(2)16(14,15)13-11(8-12)6-4-10(3)5-7-11/h9-10,13H,4-8H2,1-3H3. The van der Waals surface area contributed by atoms with E-state index in [0.717, 1.165) is 31.6 Å². The van der Waals surface area contributed by atoms with Crippen LogP contribution in [-0.4, -0.2) is 24.5 Å². The molecule has 1 aliphatic carbocycles. The predicted octanol–water partition coefficient (Wildman–Crippen LogP) is 2.66. The van der Waals surface area contributed by atoms with Gasteiger partial charge in [0, 0.05) is 10.9 Å². The van der Waals surface area contributed by atoms with Crippen molar-refractivity contribution in [3.8, 4) is 0 Å². The molecule has 0 aromatic rings. The molecule has 0 amide bonds. The zero-order valence-corrected chi connectivity index (χ0v) is 12.7. The lowest BCUT2D eigenvalue weighted by atomic mass is 9.79. The summed E-state index contributed by atoms with van der Waals surface area (Å²) in [5.74, 6) is 0.718. The van der Waals surface area contributed by atoms with Crippen LogP contribution < -0.4 is 4.72 Å². The van der Waals surface area contributed by atoms with Gasteiger partial charge in [-0.3, -0.25) is 0 Å². The number of nitrogens with one attached hydrogen (secondary N) is 1. The molecule has 0 bridgehead atoms. The van der Waals surface area contributed by atoms with Crippen molar-refractivity contribution in [1.29, 1.82) is 0 Å². The summed E-state index contributed by atoms with van der Waals surface area (Å²) < 4.78 is 26.7. The first-order valence-electron chi connectivity index (χ1n) is 5.90. The quantitative estimate of drug-likeness (QED) is 0.811. The van der Waals surface area contributed by atoms with Gasteiger partial charge in [0.1, 0.15) is 0 Å². The van der Waals surface area contributed by atoms with E-state index in [1.54, 1.807) is 13.8 Å². The Kier molecular flexibility index (Phi) is 4.84. The highest BCUT2D eigenvalue weighted by Gasteiger charge is 2.37. The number of sulfonamides is 1. The minimum Gasteiger partial charge on any atom is -0.212 e. The van der Waals surface area contributed by atoms with Crippen molar-refractivity contribution in [3.63, 3.8) is 0 Å². The van der Waals surface area contributed by atoms with Crippen molar-refractivity contribution in [2.24, 2.45) is 5.92 Å². The monoisotopic (exact) mass is 311 g/mol. The molecular formula is C11H22BrNO2S. The highest BCUT2D eigenvalue weighted by atomic mass is 79.9. The maximum Gasteiger partial charge on any atom is 0.214 e. The molecule has 3 nitrogen and oxygen atoms in total. The SMILES string of the molecule is CC1CCC(CBr)(NS(=O)(=O)C(C)C)CC1. The van der Waals surface area contributed by atoms with E-state index in [1.807, 2.05) is 0 Å². The Morgan fingerprint density at radius 3 is 2.25 bits per heavy atom. The summed E-state index contributed by atoms with van der Waals surface area (Å²) >= 11 is 3.46. The maximum atomic E-state index is 11.9. The van der Waals surface area contributed by atoms with Gasteiger partial charge in [0.2, 0.25) is 10.0 Å². The lowest BCUT2D eigenvalue weighted by Crippen LogP contribution is -2.53. The molecule has 0 radical (unpaired) electrons. The van der Waals surface area contributed by atoms with Crippen molar-refractivity contribution in [1.82, 2.24) is 4.72 Å². The second-order valence-electron chi connectivity index (χ2n) is 5.29. The molecule has 1 rings (SSSR count). The van der Waals surface area contributed by atoms with E-state index in [-0.39, 0.29) is 10.8 Å². The number of alkyl halides is 1. The van der Waals surface area contributed by atoms with E-state index in [0.29, 0.717) is 5.33 Å². The fraction of sp³-hybridized carbons (Fsp3) is 1.00. The van der Waals surface area contributed by atoms with E-state index in [4.69, 9.17) is 0 Å². The molecule has 1 fully saturated rings. The fourth-order valence-corrected chi connectivity index (χ4v) is 4.00. The molecule has 1 saturated carbocycles. The Morgan fingerprint density at radius 1 is 1.38 bits per heavy atom.